The summed E-state index contributed by atoms with van der Waals surface area (Å²) in [4.78, 5) is 0. The maximum Gasteiger partial charge on any atom is 0.0991 e. The number of hydrogen-bond acceptors (Lipinski definition) is 2. The summed E-state index contributed by atoms with van der Waals surface area (Å²) in [6, 6.07) is 2.17. The molecule has 4 heteroatoms. The predicted octanol–water partition coefficient (Wildman–Crippen LogP) is 3.34. The second-order valence-corrected chi connectivity index (χ2v) is 4.58. The molecule has 0 saturated heterocycles. The van der Waals surface area contributed by atoms with Gasteiger partial charge < -0.3 is 5.32 Å². The van der Waals surface area contributed by atoms with E-state index in [4.69, 9.17) is 23.2 Å². The molecule has 1 N–H and O–H groups in total. The van der Waals surface area contributed by atoms with Crippen molar-refractivity contribution in [2.45, 2.75) is 13.0 Å². The summed E-state index contributed by atoms with van der Waals surface area (Å²) < 4.78 is 1.52. The first-order valence-electron chi connectivity index (χ1n) is 3.27. The molecule has 1 aromatic heterocycles. The Bertz CT molecular complexity index is 247. The third-order valence-corrected chi connectivity index (χ3v) is 3.10. The summed E-state index contributed by atoms with van der Waals surface area (Å²) in [5.41, 5.74) is 1.07. The van der Waals surface area contributed by atoms with Crippen molar-refractivity contribution >= 4 is 34.5 Å². The summed E-state index contributed by atoms with van der Waals surface area (Å²) in [7, 11) is 1.90. The van der Waals surface area contributed by atoms with Crippen LogP contribution in [0.5, 0.6) is 0 Å². The van der Waals surface area contributed by atoms with E-state index in [1.54, 1.807) is 0 Å². The Balaban J connectivity index is 2.93. The number of nitrogens with one attached hydrogen (secondary N) is 1. The molecule has 0 spiro atoms. The molecule has 1 heterocycles. The number of halogens is 2. The van der Waals surface area contributed by atoms with Crippen molar-refractivity contribution in [3.05, 3.63) is 20.3 Å². The van der Waals surface area contributed by atoms with Gasteiger partial charge in [-0.3, -0.25) is 0 Å². The fraction of sp³-hybridized carbons (Fsp3) is 0.429. The summed E-state index contributed by atoms with van der Waals surface area (Å²) in [6.45, 7) is 2.05. The molecule has 11 heavy (non-hydrogen) atoms. The molecule has 62 valence electrons. The van der Waals surface area contributed by atoms with Crippen molar-refractivity contribution < 1.29 is 0 Å². The Morgan fingerprint density at radius 3 is 2.55 bits per heavy atom. The summed E-state index contributed by atoms with van der Waals surface area (Å²) >= 11 is 13.1. The van der Waals surface area contributed by atoms with Crippen LogP contribution in [0.25, 0.3) is 0 Å². The average molecular weight is 210 g/mol. The molecule has 0 aromatic carbocycles. The normalized spacial score (nSPS) is 13.5. The van der Waals surface area contributed by atoms with Gasteiger partial charge in [-0.05, 0) is 25.6 Å². The third kappa shape index (κ3) is 2.09. The lowest BCUT2D eigenvalue weighted by Gasteiger charge is -2.07. The van der Waals surface area contributed by atoms with E-state index >= 15 is 0 Å². The van der Waals surface area contributed by atoms with Crippen molar-refractivity contribution in [3.63, 3.8) is 0 Å². The summed E-state index contributed by atoms with van der Waals surface area (Å²) in [5.74, 6) is 0. The maximum atomic E-state index is 5.91. The third-order valence-electron chi connectivity index (χ3n) is 1.58. The molecule has 0 aliphatic rings. The van der Waals surface area contributed by atoms with E-state index in [0.717, 1.165) is 14.2 Å². The van der Waals surface area contributed by atoms with Crippen LogP contribution in [0, 0.1) is 0 Å². The quantitative estimate of drug-likeness (QED) is 0.789. The van der Waals surface area contributed by atoms with E-state index < -0.39 is 0 Å². The minimum Gasteiger partial charge on any atom is -0.313 e. The van der Waals surface area contributed by atoms with E-state index in [9.17, 15) is 0 Å². The molecule has 0 aliphatic heterocycles. The lowest BCUT2D eigenvalue weighted by Crippen LogP contribution is -2.11. The van der Waals surface area contributed by atoms with Gasteiger partial charge in [0.15, 0.2) is 0 Å². The van der Waals surface area contributed by atoms with Gasteiger partial charge in [-0.25, -0.2) is 0 Å². The van der Waals surface area contributed by atoms with Gasteiger partial charge in [0.2, 0.25) is 0 Å². The molecule has 0 aliphatic carbocycles. The zero-order valence-corrected chi connectivity index (χ0v) is 8.65. The van der Waals surface area contributed by atoms with Crippen LogP contribution in [0.1, 0.15) is 18.5 Å². The smallest absolute Gasteiger partial charge is 0.0991 e. The molecule has 0 saturated carbocycles. The first kappa shape index (κ1) is 9.33. The number of thiophene rings is 1. The molecule has 1 nitrogen and oxygen atoms in total. The summed E-state index contributed by atoms with van der Waals surface area (Å²) in [5, 5.41) is 3.10. The van der Waals surface area contributed by atoms with Crippen LogP contribution < -0.4 is 5.32 Å². The first-order chi connectivity index (χ1) is 5.15. The highest BCUT2D eigenvalue weighted by Gasteiger charge is 2.10. The van der Waals surface area contributed by atoms with Crippen LogP contribution in [0.3, 0.4) is 0 Å². The van der Waals surface area contributed by atoms with Gasteiger partial charge >= 0.3 is 0 Å². The second-order valence-electron chi connectivity index (χ2n) is 2.29. The Morgan fingerprint density at radius 1 is 1.55 bits per heavy atom. The van der Waals surface area contributed by atoms with Gasteiger partial charge in [-0.1, -0.05) is 23.2 Å². The van der Waals surface area contributed by atoms with Gasteiger partial charge in [0.05, 0.1) is 8.67 Å². The van der Waals surface area contributed by atoms with Crippen molar-refractivity contribution in [1.82, 2.24) is 5.32 Å². The van der Waals surface area contributed by atoms with E-state index in [1.807, 2.05) is 20.0 Å². The van der Waals surface area contributed by atoms with Crippen molar-refractivity contribution in [2.75, 3.05) is 7.05 Å². The average Bonchev–Trinajstić information content (AvgIpc) is 2.28. The minimum absolute atomic E-state index is 0.270. The molecule has 0 bridgehead atoms. The maximum absolute atomic E-state index is 5.91. The van der Waals surface area contributed by atoms with Crippen LogP contribution in [-0.4, -0.2) is 7.05 Å². The van der Waals surface area contributed by atoms with Crippen molar-refractivity contribution in [2.24, 2.45) is 0 Å². The van der Waals surface area contributed by atoms with Gasteiger partial charge in [-0.2, -0.15) is 0 Å². The first-order valence-corrected chi connectivity index (χ1v) is 4.84. The molecule has 0 amide bonds. The monoisotopic (exact) mass is 209 g/mol. The van der Waals surface area contributed by atoms with Gasteiger partial charge in [-0.15, -0.1) is 11.3 Å². The van der Waals surface area contributed by atoms with Crippen LogP contribution in [-0.2, 0) is 0 Å². The standard InChI is InChI=1S/C7H9Cl2NS/c1-4(10-2)5-3-6(8)11-7(5)9/h3-4,10H,1-2H3. The predicted molar refractivity (Wildman–Crippen MR) is 51.8 cm³/mol. The highest BCUT2D eigenvalue weighted by Crippen LogP contribution is 2.34. The molecular weight excluding hydrogens is 201 g/mol. The van der Waals surface area contributed by atoms with Crippen molar-refractivity contribution in [3.8, 4) is 0 Å². The lowest BCUT2D eigenvalue weighted by atomic mass is 10.2. The van der Waals surface area contributed by atoms with E-state index in [0.29, 0.717) is 0 Å². The van der Waals surface area contributed by atoms with E-state index in [2.05, 4.69) is 5.32 Å². The Labute approximate surface area is 80.3 Å². The molecule has 1 aromatic rings. The zero-order chi connectivity index (χ0) is 8.43. The minimum atomic E-state index is 0.270. The molecule has 0 radical (unpaired) electrons. The van der Waals surface area contributed by atoms with Gasteiger partial charge in [0.1, 0.15) is 0 Å². The Hall–Kier alpha value is 0.240. The Kier molecular flexibility index (Phi) is 3.19. The van der Waals surface area contributed by atoms with Gasteiger partial charge in [0, 0.05) is 6.04 Å². The topological polar surface area (TPSA) is 12.0 Å². The van der Waals surface area contributed by atoms with Crippen molar-refractivity contribution in [1.29, 1.82) is 0 Å². The molecule has 1 unspecified atom stereocenters. The Morgan fingerprint density at radius 2 is 2.18 bits per heavy atom. The van der Waals surface area contributed by atoms with Gasteiger partial charge in [0.25, 0.3) is 0 Å². The fourth-order valence-corrected chi connectivity index (χ4v) is 2.45. The SMILES string of the molecule is CNC(C)c1cc(Cl)sc1Cl. The highest BCUT2D eigenvalue weighted by molar-refractivity contribution is 7.20. The molecule has 1 atom stereocenters. The molecular formula is C7H9Cl2NS. The molecule has 1 rings (SSSR count). The zero-order valence-electron chi connectivity index (χ0n) is 6.32. The van der Waals surface area contributed by atoms with Crippen LogP contribution in [0.2, 0.25) is 8.67 Å². The summed E-state index contributed by atoms with van der Waals surface area (Å²) in [6.07, 6.45) is 0. The van der Waals surface area contributed by atoms with Crippen LogP contribution in [0.4, 0.5) is 0 Å². The molecule has 0 fully saturated rings. The highest BCUT2D eigenvalue weighted by atomic mass is 35.5. The second kappa shape index (κ2) is 3.76. The lowest BCUT2D eigenvalue weighted by molar-refractivity contribution is 0.655. The fourth-order valence-electron chi connectivity index (χ4n) is 0.804. The van der Waals surface area contributed by atoms with Crippen LogP contribution >= 0.6 is 34.5 Å². The van der Waals surface area contributed by atoms with E-state index in [-0.39, 0.29) is 6.04 Å². The van der Waals surface area contributed by atoms with Crippen LogP contribution in [0.15, 0.2) is 6.07 Å². The van der Waals surface area contributed by atoms with E-state index in [1.165, 1.54) is 11.3 Å². The number of hydrogen-bond donors (Lipinski definition) is 1. The number of rotatable bonds is 2. The largest absolute Gasteiger partial charge is 0.313 e.